The summed E-state index contributed by atoms with van der Waals surface area (Å²) in [6.07, 6.45) is 4.47. The Bertz CT molecular complexity index is 1090. The van der Waals surface area contributed by atoms with Gasteiger partial charge in [-0.25, -0.2) is 4.98 Å². The quantitative estimate of drug-likeness (QED) is 0.660. The Morgan fingerprint density at radius 3 is 2.69 bits per heavy atom. The average molecular weight is 427 g/mol. The van der Waals surface area contributed by atoms with E-state index in [0.29, 0.717) is 23.7 Å². The van der Waals surface area contributed by atoms with Crippen molar-refractivity contribution in [3.05, 3.63) is 51.5 Å². The molecule has 0 saturated carbocycles. The molecule has 1 saturated heterocycles. The van der Waals surface area contributed by atoms with Gasteiger partial charge in [0.25, 0.3) is 5.91 Å². The van der Waals surface area contributed by atoms with Crippen molar-refractivity contribution < 1.29 is 4.79 Å². The maximum atomic E-state index is 13.2. The van der Waals surface area contributed by atoms with Crippen molar-refractivity contribution in [3.63, 3.8) is 0 Å². The molecule has 0 radical (unpaired) electrons. The molecule has 0 spiro atoms. The molecule has 150 valence electrons. The molecule has 0 atom stereocenters. The molecular formula is C22H23ClN4OS. The number of nitrogen functional groups attached to an aromatic ring is 1. The van der Waals surface area contributed by atoms with Gasteiger partial charge in [0.2, 0.25) is 0 Å². The number of fused-ring (bicyclic) bond motifs is 2. The number of anilines is 2. The highest BCUT2D eigenvalue weighted by Gasteiger charge is 2.27. The van der Waals surface area contributed by atoms with Crippen molar-refractivity contribution in [1.82, 2.24) is 9.88 Å². The zero-order chi connectivity index (χ0) is 20.0. The van der Waals surface area contributed by atoms with E-state index in [-0.39, 0.29) is 5.91 Å². The van der Waals surface area contributed by atoms with Gasteiger partial charge in [0.05, 0.1) is 5.69 Å². The first-order chi connectivity index (χ1) is 14.1. The van der Waals surface area contributed by atoms with Crippen LogP contribution in [0, 0.1) is 0 Å². The Kier molecular flexibility index (Phi) is 4.84. The monoisotopic (exact) mass is 426 g/mol. The largest absolute Gasteiger partial charge is 0.397 e. The van der Waals surface area contributed by atoms with Crippen molar-refractivity contribution in [2.24, 2.45) is 0 Å². The number of benzene rings is 1. The number of thiophene rings is 1. The molecule has 2 aliphatic rings. The molecule has 2 aromatic heterocycles. The SMILES string of the molecule is Nc1c(C(=O)N2CCN(c3cccc(Cl)c3)CC2)sc2nc3c(cc12)CCCC3. The smallest absolute Gasteiger partial charge is 0.266 e. The second kappa shape index (κ2) is 7.50. The molecule has 3 aromatic rings. The molecule has 1 amide bonds. The van der Waals surface area contributed by atoms with Crippen LogP contribution in [0.15, 0.2) is 30.3 Å². The normalized spacial score (nSPS) is 16.9. The van der Waals surface area contributed by atoms with Crippen molar-refractivity contribution >= 4 is 50.4 Å². The number of halogens is 1. The maximum Gasteiger partial charge on any atom is 0.266 e. The summed E-state index contributed by atoms with van der Waals surface area (Å²) in [6.45, 7) is 2.90. The van der Waals surface area contributed by atoms with Gasteiger partial charge in [0, 0.05) is 48.0 Å². The van der Waals surface area contributed by atoms with Crippen molar-refractivity contribution in [1.29, 1.82) is 0 Å². The average Bonchev–Trinajstić information content (AvgIpc) is 3.07. The van der Waals surface area contributed by atoms with Gasteiger partial charge >= 0.3 is 0 Å². The number of hydrogen-bond acceptors (Lipinski definition) is 5. The van der Waals surface area contributed by atoms with Gasteiger partial charge < -0.3 is 15.5 Å². The van der Waals surface area contributed by atoms with E-state index in [2.05, 4.69) is 17.0 Å². The third kappa shape index (κ3) is 3.45. The minimum Gasteiger partial charge on any atom is -0.397 e. The molecule has 7 heteroatoms. The van der Waals surface area contributed by atoms with Crippen LogP contribution in [0.25, 0.3) is 10.2 Å². The number of carbonyl (C=O) groups excluding carboxylic acids is 1. The van der Waals surface area contributed by atoms with Gasteiger partial charge in [-0.2, -0.15) is 0 Å². The number of amides is 1. The number of aryl methyl sites for hydroxylation is 2. The Labute approximate surface area is 179 Å². The molecule has 1 aromatic carbocycles. The number of piperazine rings is 1. The van der Waals surface area contributed by atoms with Gasteiger partial charge in [0.1, 0.15) is 9.71 Å². The molecule has 0 unspecified atom stereocenters. The fourth-order valence-corrected chi connectivity index (χ4v) is 5.55. The van der Waals surface area contributed by atoms with Crippen LogP contribution in [0.5, 0.6) is 0 Å². The molecule has 1 fully saturated rings. The van der Waals surface area contributed by atoms with E-state index in [0.717, 1.165) is 46.9 Å². The summed E-state index contributed by atoms with van der Waals surface area (Å²) < 4.78 is 0. The Hall–Kier alpha value is -2.31. The van der Waals surface area contributed by atoms with E-state index < -0.39 is 0 Å². The molecule has 1 aliphatic carbocycles. The molecule has 1 aliphatic heterocycles. The zero-order valence-electron chi connectivity index (χ0n) is 16.2. The van der Waals surface area contributed by atoms with Crippen molar-refractivity contribution in [2.75, 3.05) is 36.8 Å². The summed E-state index contributed by atoms with van der Waals surface area (Å²) in [5.41, 5.74) is 10.6. The second-order valence-electron chi connectivity index (χ2n) is 7.76. The molecule has 29 heavy (non-hydrogen) atoms. The summed E-state index contributed by atoms with van der Waals surface area (Å²) in [7, 11) is 0. The summed E-state index contributed by atoms with van der Waals surface area (Å²) in [6, 6.07) is 10.0. The van der Waals surface area contributed by atoms with Gasteiger partial charge in [0.15, 0.2) is 0 Å². The molecule has 0 bridgehead atoms. The number of pyridine rings is 1. The van der Waals surface area contributed by atoms with Crippen LogP contribution in [0.3, 0.4) is 0 Å². The Morgan fingerprint density at radius 1 is 1.10 bits per heavy atom. The third-order valence-corrected chi connectivity index (χ3v) is 7.27. The van der Waals surface area contributed by atoms with Gasteiger partial charge in [-0.15, -0.1) is 11.3 Å². The predicted octanol–water partition coefficient (Wildman–Crippen LogP) is 4.37. The van der Waals surface area contributed by atoms with E-state index in [1.54, 1.807) is 0 Å². The molecule has 5 nitrogen and oxygen atoms in total. The standard InChI is InChI=1S/C22H23ClN4OS/c23-15-5-3-6-16(13-15)26-8-10-27(11-9-26)22(28)20-19(24)17-12-14-4-1-2-7-18(14)25-21(17)29-20/h3,5-6,12-13H,1-2,4,7-11,24H2. The number of rotatable bonds is 2. The predicted molar refractivity (Wildman–Crippen MR) is 120 cm³/mol. The van der Waals surface area contributed by atoms with Crippen LogP contribution >= 0.6 is 22.9 Å². The van der Waals surface area contributed by atoms with Crippen LogP contribution < -0.4 is 10.6 Å². The Morgan fingerprint density at radius 2 is 1.90 bits per heavy atom. The lowest BCUT2D eigenvalue weighted by atomic mass is 9.95. The summed E-state index contributed by atoms with van der Waals surface area (Å²) in [5, 5.41) is 1.67. The molecular weight excluding hydrogens is 404 g/mol. The highest BCUT2D eigenvalue weighted by Crippen LogP contribution is 2.36. The lowest BCUT2D eigenvalue weighted by molar-refractivity contribution is 0.0752. The van der Waals surface area contributed by atoms with Crippen molar-refractivity contribution in [3.8, 4) is 0 Å². The van der Waals surface area contributed by atoms with E-state index in [4.69, 9.17) is 22.3 Å². The van der Waals surface area contributed by atoms with E-state index in [9.17, 15) is 4.79 Å². The Balaban J connectivity index is 1.36. The number of carbonyl (C=O) groups is 1. The fraction of sp³-hybridized carbons (Fsp3) is 0.364. The number of hydrogen-bond donors (Lipinski definition) is 1. The fourth-order valence-electron chi connectivity index (χ4n) is 4.30. The lowest BCUT2D eigenvalue weighted by Crippen LogP contribution is -2.48. The first kappa shape index (κ1) is 18.7. The second-order valence-corrected chi connectivity index (χ2v) is 9.19. The van der Waals surface area contributed by atoms with Crippen LogP contribution in [0.1, 0.15) is 33.8 Å². The summed E-state index contributed by atoms with van der Waals surface area (Å²) in [5.74, 6) is 0.0224. The first-order valence-electron chi connectivity index (χ1n) is 10.1. The summed E-state index contributed by atoms with van der Waals surface area (Å²) in [4.78, 5) is 23.7. The molecule has 2 N–H and O–H groups in total. The maximum absolute atomic E-state index is 13.2. The van der Waals surface area contributed by atoms with Crippen molar-refractivity contribution in [2.45, 2.75) is 25.7 Å². The third-order valence-electron chi connectivity index (χ3n) is 5.93. The summed E-state index contributed by atoms with van der Waals surface area (Å²) >= 11 is 7.56. The topological polar surface area (TPSA) is 62.5 Å². The zero-order valence-corrected chi connectivity index (χ0v) is 17.7. The number of nitrogens with two attached hydrogens (primary N) is 1. The van der Waals surface area contributed by atoms with E-state index in [1.807, 2.05) is 23.1 Å². The van der Waals surface area contributed by atoms with Gasteiger partial charge in [-0.3, -0.25) is 4.79 Å². The van der Waals surface area contributed by atoms with E-state index in [1.165, 1.54) is 35.4 Å². The van der Waals surface area contributed by atoms with Crippen LogP contribution in [0.4, 0.5) is 11.4 Å². The highest BCUT2D eigenvalue weighted by atomic mass is 35.5. The van der Waals surface area contributed by atoms with Crippen LogP contribution in [-0.2, 0) is 12.8 Å². The van der Waals surface area contributed by atoms with Crippen LogP contribution in [-0.4, -0.2) is 42.0 Å². The van der Waals surface area contributed by atoms with E-state index >= 15 is 0 Å². The minimum absolute atomic E-state index is 0.0224. The van der Waals surface area contributed by atoms with Gasteiger partial charge in [-0.1, -0.05) is 17.7 Å². The van der Waals surface area contributed by atoms with Crippen LogP contribution in [0.2, 0.25) is 5.02 Å². The first-order valence-corrected chi connectivity index (χ1v) is 11.3. The number of aromatic nitrogens is 1. The molecule has 5 rings (SSSR count). The van der Waals surface area contributed by atoms with Gasteiger partial charge in [-0.05, 0) is 55.5 Å². The lowest BCUT2D eigenvalue weighted by Gasteiger charge is -2.36. The molecule has 3 heterocycles. The minimum atomic E-state index is 0.0224. The highest BCUT2D eigenvalue weighted by molar-refractivity contribution is 7.21. The number of nitrogens with zero attached hydrogens (tertiary/aromatic N) is 3.